The number of methoxy groups -OCH3 is 1. The first kappa shape index (κ1) is 22.7. The molecule has 4 rings (SSSR count). The molecule has 1 aromatic heterocycles. The molecular weight excluding hydrogens is 438 g/mol. The van der Waals surface area contributed by atoms with Crippen LogP contribution in [0.5, 0.6) is 11.5 Å². The molecular formula is C24H27N5O3S. The van der Waals surface area contributed by atoms with E-state index in [-0.39, 0.29) is 0 Å². The van der Waals surface area contributed by atoms with Crippen molar-refractivity contribution in [2.24, 2.45) is 5.73 Å². The second-order valence-electron chi connectivity index (χ2n) is 7.71. The number of carbonyl (C=O) groups is 1. The van der Waals surface area contributed by atoms with Gasteiger partial charge in [-0.05, 0) is 42.9 Å². The van der Waals surface area contributed by atoms with Crippen molar-refractivity contribution in [3.8, 4) is 11.5 Å². The second kappa shape index (κ2) is 9.58. The Morgan fingerprint density at radius 1 is 1.18 bits per heavy atom. The number of ether oxygens (including phenoxy) is 2. The predicted molar refractivity (Wildman–Crippen MR) is 129 cm³/mol. The fourth-order valence-corrected chi connectivity index (χ4v) is 4.32. The highest BCUT2D eigenvalue weighted by Crippen LogP contribution is 2.39. The van der Waals surface area contributed by atoms with Crippen LogP contribution in [-0.2, 0) is 11.4 Å². The number of hydrogen-bond acceptors (Lipinski definition) is 7. The molecule has 2 heterocycles. The zero-order chi connectivity index (χ0) is 23.5. The normalized spacial score (nSPS) is 15.1. The Labute approximate surface area is 197 Å². The minimum atomic E-state index is -0.530. The number of fused-ring (bicyclic) bond motifs is 1. The summed E-state index contributed by atoms with van der Waals surface area (Å²) in [5.74, 6) is 2.05. The number of aromatic nitrogens is 3. The monoisotopic (exact) mass is 465 g/mol. The quantitative estimate of drug-likeness (QED) is 0.484. The molecule has 0 saturated carbocycles. The molecule has 0 bridgehead atoms. The van der Waals surface area contributed by atoms with E-state index in [9.17, 15) is 4.79 Å². The number of allylic oxidation sites excluding steroid dienone is 1. The molecule has 0 spiro atoms. The molecule has 2 aromatic carbocycles. The fraction of sp³-hybridized carbons (Fsp3) is 0.292. The van der Waals surface area contributed by atoms with E-state index in [0.29, 0.717) is 40.5 Å². The van der Waals surface area contributed by atoms with E-state index in [1.54, 1.807) is 11.8 Å². The first-order chi connectivity index (χ1) is 15.9. The van der Waals surface area contributed by atoms with Gasteiger partial charge in [-0.1, -0.05) is 54.6 Å². The van der Waals surface area contributed by atoms with Gasteiger partial charge in [0.05, 0.1) is 12.7 Å². The number of thioether (sulfide) groups is 1. The lowest BCUT2D eigenvalue weighted by atomic mass is 9.95. The van der Waals surface area contributed by atoms with Crippen LogP contribution in [0.3, 0.4) is 0 Å². The summed E-state index contributed by atoms with van der Waals surface area (Å²) >= 11 is 1.53. The standard InChI is InChI=1S/C24H27N5O3S/c1-5-33-24-27-23-26-15(3)20(22(25)30)21(29(23)28-24)17-10-11-18(19(12-17)31-4)32-13-16-8-6-14(2)7-9-16/h6-12,21H,5,13H2,1-4H3,(H2,25,30)(H,26,27,28). The summed E-state index contributed by atoms with van der Waals surface area (Å²) in [5.41, 5.74) is 9.91. The number of primary amides is 1. The highest BCUT2D eigenvalue weighted by atomic mass is 32.2. The molecule has 8 nitrogen and oxygen atoms in total. The van der Waals surface area contributed by atoms with E-state index in [2.05, 4.69) is 27.5 Å². The van der Waals surface area contributed by atoms with Gasteiger partial charge in [-0.15, -0.1) is 5.10 Å². The third kappa shape index (κ3) is 4.68. The fourth-order valence-electron chi connectivity index (χ4n) is 3.77. The topological polar surface area (TPSA) is 104 Å². The summed E-state index contributed by atoms with van der Waals surface area (Å²) in [6, 6.07) is 13.3. The van der Waals surface area contributed by atoms with E-state index < -0.39 is 11.9 Å². The first-order valence-electron chi connectivity index (χ1n) is 10.6. The average Bonchev–Trinajstić information content (AvgIpc) is 3.19. The van der Waals surface area contributed by atoms with Gasteiger partial charge in [0.1, 0.15) is 12.6 Å². The Balaban J connectivity index is 1.69. The number of benzene rings is 2. The van der Waals surface area contributed by atoms with Crippen LogP contribution >= 0.6 is 11.8 Å². The molecule has 33 heavy (non-hydrogen) atoms. The second-order valence-corrected chi connectivity index (χ2v) is 8.94. The van der Waals surface area contributed by atoms with Gasteiger partial charge in [0.15, 0.2) is 11.5 Å². The number of aryl methyl sites for hydroxylation is 1. The maximum Gasteiger partial charge on any atom is 0.248 e. The maximum absolute atomic E-state index is 12.4. The van der Waals surface area contributed by atoms with Gasteiger partial charge in [-0.2, -0.15) is 4.98 Å². The van der Waals surface area contributed by atoms with Gasteiger partial charge in [0.25, 0.3) is 0 Å². The van der Waals surface area contributed by atoms with Crippen molar-refractivity contribution in [2.75, 3.05) is 18.2 Å². The summed E-state index contributed by atoms with van der Waals surface area (Å²) in [5, 5.41) is 8.40. The van der Waals surface area contributed by atoms with Crippen LogP contribution in [0.2, 0.25) is 0 Å². The molecule has 0 saturated heterocycles. The summed E-state index contributed by atoms with van der Waals surface area (Å²) in [7, 11) is 1.59. The van der Waals surface area contributed by atoms with Crippen molar-refractivity contribution in [1.82, 2.24) is 14.8 Å². The summed E-state index contributed by atoms with van der Waals surface area (Å²) in [6.45, 7) is 6.32. The predicted octanol–water partition coefficient (Wildman–Crippen LogP) is 4.06. The molecule has 1 amide bonds. The van der Waals surface area contributed by atoms with Gasteiger partial charge in [0, 0.05) is 5.70 Å². The SMILES string of the molecule is CCSc1nc2n(n1)C(c1ccc(OCc3ccc(C)cc3)c(OC)c1)C(C(N)=O)=C(C)N2. The van der Waals surface area contributed by atoms with Crippen molar-refractivity contribution in [1.29, 1.82) is 0 Å². The number of carbonyl (C=O) groups excluding carboxylic acids is 1. The van der Waals surface area contributed by atoms with Crippen LogP contribution in [0.25, 0.3) is 0 Å². The smallest absolute Gasteiger partial charge is 0.248 e. The van der Waals surface area contributed by atoms with Crippen molar-refractivity contribution in [3.63, 3.8) is 0 Å². The zero-order valence-corrected chi connectivity index (χ0v) is 19.9. The first-order valence-corrected chi connectivity index (χ1v) is 11.6. The molecule has 9 heteroatoms. The van der Waals surface area contributed by atoms with Gasteiger partial charge in [0.2, 0.25) is 17.0 Å². The van der Waals surface area contributed by atoms with Crippen molar-refractivity contribution in [3.05, 3.63) is 70.4 Å². The van der Waals surface area contributed by atoms with Crippen LogP contribution in [0.1, 0.15) is 36.6 Å². The highest BCUT2D eigenvalue weighted by Gasteiger charge is 2.33. The van der Waals surface area contributed by atoms with E-state index in [0.717, 1.165) is 16.9 Å². The summed E-state index contributed by atoms with van der Waals surface area (Å²) in [4.78, 5) is 16.9. The molecule has 0 radical (unpaired) electrons. The zero-order valence-electron chi connectivity index (χ0n) is 19.1. The van der Waals surface area contributed by atoms with Crippen LogP contribution in [0.4, 0.5) is 5.95 Å². The number of amides is 1. The minimum absolute atomic E-state index is 0.416. The lowest BCUT2D eigenvalue weighted by Gasteiger charge is -2.28. The van der Waals surface area contributed by atoms with Crippen LogP contribution < -0.4 is 20.5 Å². The van der Waals surface area contributed by atoms with Gasteiger partial charge >= 0.3 is 0 Å². The van der Waals surface area contributed by atoms with Gasteiger partial charge in [-0.3, -0.25) is 4.79 Å². The number of nitrogens with zero attached hydrogens (tertiary/aromatic N) is 3. The molecule has 1 aliphatic heterocycles. The van der Waals surface area contributed by atoms with Crippen LogP contribution in [-0.4, -0.2) is 33.5 Å². The molecule has 1 aliphatic rings. The molecule has 1 unspecified atom stereocenters. The lowest BCUT2D eigenvalue weighted by Crippen LogP contribution is -2.31. The Hall–Kier alpha value is -3.46. The van der Waals surface area contributed by atoms with Crippen molar-refractivity contribution in [2.45, 2.75) is 38.6 Å². The molecule has 0 aliphatic carbocycles. The minimum Gasteiger partial charge on any atom is -0.493 e. The van der Waals surface area contributed by atoms with Crippen molar-refractivity contribution < 1.29 is 14.3 Å². The molecule has 3 aromatic rings. The van der Waals surface area contributed by atoms with E-state index in [1.165, 1.54) is 17.3 Å². The highest BCUT2D eigenvalue weighted by molar-refractivity contribution is 7.99. The largest absolute Gasteiger partial charge is 0.493 e. The third-order valence-electron chi connectivity index (χ3n) is 5.39. The molecule has 172 valence electrons. The van der Waals surface area contributed by atoms with E-state index >= 15 is 0 Å². The Morgan fingerprint density at radius 2 is 1.94 bits per heavy atom. The van der Waals surface area contributed by atoms with E-state index in [1.807, 2.05) is 51.1 Å². The average molecular weight is 466 g/mol. The van der Waals surface area contributed by atoms with Crippen LogP contribution in [0.15, 0.2) is 58.9 Å². The lowest BCUT2D eigenvalue weighted by molar-refractivity contribution is -0.115. The molecule has 1 atom stereocenters. The van der Waals surface area contributed by atoms with Gasteiger partial charge < -0.3 is 20.5 Å². The van der Waals surface area contributed by atoms with Gasteiger partial charge in [-0.25, -0.2) is 4.68 Å². The number of rotatable bonds is 8. The molecule has 3 N–H and O–H groups in total. The Kier molecular flexibility index (Phi) is 6.60. The van der Waals surface area contributed by atoms with E-state index in [4.69, 9.17) is 15.2 Å². The number of anilines is 1. The third-order valence-corrected chi connectivity index (χ3v) is 6.11. The molecule has 0 fully saturated rings. The number of nitrogens with two attached hydrogens (primary N) is 1. The summed E-state index contributed by atoms with van der Waals surface area (Å²) < 4.78 is 13.3. The number of hydrogen-bond donors (Lipinski definition) is 2. The Morgan fingerprint density at radius 3 is 2.61 bits per heavy atom. The summed E-state index contributed by atoms with van der Waals surface area (Å²) in [6.07, 6.45) is 0. The maximum atomic E-state index is 12.4. The Bertz CT molecular complexity index is 1200. The number of nitrogens with one attached hydrogen (secondary N) is 1. The van der Waals surface area contributed by atoms with Crippen LogP contribution in [0, 0.1) is 6.92 Å². The van der Waals surface area contributed by atoms with Crippen molar-refractivity contribution >= 4 is 23.6 Å².